The number of aromatic nitrogens is 2. The van der Waals surface area contributed by atoms with Crippen LogP contribution in [0.4, 0.5) is 21.7 Å². The van der Waals surface area contributed by atoms with E-state index in [9.17, 15) is 4.39 Å². The molecule has 1 aromatic carbocycles. The van der Waals surface area contributed by atoms with Gasteiger partial charge in [-0.3, -0.25) is 0 Å². The molecule has 2 aromatic rings. The van der Waals surface area contributed by atoms with E-state index in [1.54, 1.807) is 18.2 Å². The Labute approximate surface area is 112 Å². The van der Waals surface area contributed by atoms with Crippen LogP contribution in [0.3, 0.4) is 0 Å². The van der Waals surface area contributed by atoms with Gasteiger partial charge in [0.05, 0.1) is 0 Å². The van der Waals surface area contributed by atoms with E-state index in [0.717, 1.165) is 24.5 Å². The van der Waals surface area contributed by atoms with Crippen molar-refractivity contribution < 1.29 is 4.39 Å². The van der Waals surface area contributed by atoms with Crippen LogP contribution >= 0.6 is 0 Å². The minimum Gasteiger partial charge on any atom is -0.373 e. The molecule has 0 aliphatic heterocycles. The Bertz CT molecular complexity index is 557. The van der Waals surface area contributed by atoms with E-state index in [1.807, 2.05) is 7.05 Å². The molecule has 2 N–H and O–H groups in total. The highest BCUT2D eigenvalue weighted by Gasteiger charge is 2.04. The second kappa shape index (κ2) is 6.13. The molecule has 0 amide bonds. The predicted molar refractivity (Wildman–Crippen MR) is 75.3 cm³/mol. The van der Waals surface area contributed by atoms with Gasteiger partial charge in [-0.05, 0) is 24.6 Å². The van der Waals surface area contributed by atoms with E-state index in [1.165, 1.54) is 12.1 Å². The van der Waals surface area contributed by atoms with E-state index < -0.39 is 0 Å². The second-order valence-corrected chi connectivity index (χ2v) is 4.19. The summed E-state index contributed by atoms with van der Waals surface area (Å²) in [6, 6.07) is 8.09. The molecule has 5 heteroatoms. The number of nitrogens with one attached hydrogen (secondary N) is 2. The third-order valence-electron chi connectivity index (χ3n) is 2.60. The summed E-state index contributed by atoms with van der Waals surface area (Å²) in [5.41, 5.74) is 0.670. The van der Waals surface area contributed by atoms with Crippen molar-refractivity contribution in [1.29, 1.82) is 0 Å². The minimum absolute atomic E-state index is 0.276. The van der Waals surface area contributed by atoms with E-state index in [4.69, 9.17) is 0 Å². The van der Waals surface area contributed by atoms with E-state index in [2.05, 4.69) is 27.5 Å². The van der Waals surface area contributed by atoms with Crippen molar-refractivity contribution in [2.45, 2.75) is 19.8 Å². The molecule has 1 aromatic heterocycles. The third-order valence-corrected chi connectivity index (χ3v) is 2.60. The number of benzene rings is 1. The summed E-state index contributed by atoms with van der Waals surface area (Å²) in [6.45, 7) is 2.08. The average molecular weight is 260 g/mol. The van der Waals surface area contributed by atoms with Crippen molar-refractivity contribution in [3.05, 3.63) is 42.0 Å². The second-order valence-electron chi connectivity index (χ2n) is 4.19. The van der Waals surface area contributed by atoms with Gasteiger partial charge in [-0.1, -0.05) is 13.0 Å². The fourth-order valence-electron chi connectivity index (χ4n) is 1.74. The SMILES string of the molecule is CCCc1nc(NC)cc(Nc2cccc(F)c2)n1. The Kier molecular flexibility index (Phi) is 4.28. The Morgan fingerprint density at radius 1 is 1.16 bits per heavy atom. The molecular formula is C14H17FN4. The molecule has 0 bridgehead atoms. The van der Waals surface area contributed by atoms with Gasteiger partial charge in [0.2, 0.25) is 0 Å². The van der Waals surface area contributed by atoms with E-state index in [0.29, 0.717) is 11.5 Å². The zero-order chi connectivity index (χ0) is 13.7. The third kappa shape index (κ3) is 3.64. The van der Waals surface area contributed by atoms with Crippen LogP contribution in [0, 0.1) is 5.82 Å². The van der Waals surface area contributed by atoms with Gasteiger partial charge in [0.1, 0.15) is 23.3 Å². The molecule has 0 saturated carbocycles. The van der Waals surface area contributed by atoms with Crippen LogP contribution in [0.15, 0.2) is 30.3 Å². The topological polar surface area (TPSA) is 49.8 Å². The first kappa shape index (κ1) is 13.3. The molecule has 1 heterocycles. The summed E-state index contributed by atoms with van der Waals surface area (Å²) in [5, 5.41) is 6.09. The van der Waals surface area contributed by atoms with Crippen LogP contribution in [0.1, 0.15) is 19.2 Å². The molecule has 0 aliphatic carbocycles. The molecule has 4 nitrogen and oxygen atoms in total. The first-order valence-corrected chi connectivity index (χ1v) is 6.29. The van der Waals surface area contributed by atoms with Gasteiger partial charge in [0, 0.05) is 25.2 Å². The maximum Gasteiger partial charge on any atom is 0.136 e. The smallest absolute Gasteiger partial charge is 0.136 e. The Hall–Kier alpha value is -2.17. The number of aryl methyl sites for hydroxylation is 1. The highest BCUT2D eigenvalue weighted by molar-refractivity contribution is 5.59. The fourth-order valence-corrected chi connectivity index (χ4v) is 1.74. The molecule has 0 atom stereocenters. The quantitative estimate of drug-likeness (QED) is 0.865. The van der Waals surface area contributed by atoms with Gasteiger partial charge in [-0.2, -0.15) is 0 Å². The molecule has 2 rings (SSSR count). The van der Waals surface area contributed by atoms with Crippen LogP contribution in [0.2, 0.25) is 0 Å². The Balaban J connectivity index is 2.26. The maximum absolute atomic E-state index is 13.1. The zero-order valence-electron chi connectivity index (χ0n) is 11.1. The Morgan fingerprint density at radius 3 is 2.63 bits per heavy atom. The number of nitrogens with zero attached hydrogens (tertiary/aromatic N) is 2. The van der Waals surface area contributed by atoms with Crippen molar-refractivity contribution in [3.8, 4) is 0 Å². The molecule has 0 radical (unpaired) electrons. The van der Waals surface area contributed by atoms with Crippen LogP contribution in [-0.2, 0) is 6.42 Å². The molecule has 0 aliphatic rings. The summed E-state index contributed by atoms with van der Waals surface area (Å²) >= 11 is 0. The summed E-state index contributed by atoms with van der Waals surface area (Å²) in [6.07, 6.45) is 1.79. The van der Waals surface area contributed by atoms with Crippen LogP contribution in [0.25, 0.3) is 0 Å². The van der Waals surface area contributed by atoms with Crippen molar-refractivity contribution >= 4 is 17.3 Å². The molecule has 0 fully saturated rings. The van der Waals surface area contributed by atoms with Crippen molar-refractivity contribution in [3.63, 3.8) is 0 Å². The highest BCUT2D eigenvalue weighted by atomic mass is 19.1. The zero-order valence-corrected chi connectivity index (χ0v) is 11.1. The van der Waals surface area contributed by atoms with E-state index in [-0.39, 0.29) is 5.82 Å². The molecular weight excluding hydrogens is 243 g/mol. The van der Waals surface area contributed by atoms with Gasteiger partial charge in [-0.25, -0.2) is 14.4 Å². The largest absolute Gasteiger partial charge is 0.373 e. The maximum atomic E-state index is 13.1. The molecule has 19 heavy (non-hydrogen) atoms. The normalized spacial score (nSPS) is 10.3. The van der Waals surface area contributed by atoms with E-state index >= 15 is 0 Å². The minimum atomic E-state index is -0.276. The van der Waals surface area contributed by atoms with Gasteiger partial charge >= 0.3 is 0 Å². The van der Waals surface area contributed by atoms with Gasteiger partial charge in [0.15, 0.2) is 0 Å². The average Bonchev–Trinajstić information content (AvgIpc) is 2.39. The lowest BCUT2D eigenvalue weighted by Gasteiger charge is -2.09. The van der Waals surface area contributed by atoms with Crippen molar-refractivity contribution in [2.75, 3.05) is 17.7 Å². The van der Waals surface area contributed by atoms with Gasteiger partial charge < -0.3 is 10.6 Å². The number of hydrogen-bond acceptors (Lipinski definition) is 4. The standard InChI is InChI=1S/C14H17FN4/c1-3-5-12-18-13(16-2)9-14(19-12)17-11-7-4-6-10(15)8-11/h4,6-9H,3,5H2,1-2H3,(H2,16,17,18,19). The lowest BCUT2D eigenvalue weighted by atomic mass is 10.3. The van der Waals surface area contributed by atoms with Gasteiger partial charge in [0.25, 0.3) is 0 Å². The lowest BCUT2D eigenvalue weighted by molar-refractivity contribution is 0.628. The van der Waals surface area contributed by atoms with Crippen LogP contribution in [0.5, 0.6) is 0 Å². The number of anilines is 3. The van der Waals surface area contributed by atoms with Crippen molar-refractivity contribution in [2.24, 2.45) is 0 Å². The Morgan fingerprint density at radius 2 is 1.95 bits per heavy atom. The van der Waals surface area contributed by atoms with Gasteiger partial charge in [-0.15, -0.1) is 0 Å². The number of halogens is 1. The number of rotatable bonds is 5. The number of hydrogen-bond donors (Lipinski definition) is 2. The molecule has 0 saturated heterocycles. The van der Waals surface area contributed by atoms with Crippen LogP contribution < -0.4 is 10.6 Å². The summed E-state index contributed by atoms with van der Waals surface area (Å²) < 4.78 is 13.1. The van der Waals surface area contributed by atoms with Crippen LogP contribution in [-0.4, -0.2) is 17.0 Å². The monoisotopic (exact) mass is 260 g/mol. The summed E-state index contributed by atoms with van der Waals surface area (Å²) in [7, 11) is 1.81. The molecule has 100 valence electrons. The fraction of sp³-hybridized carbons (Fsp3) is 0.286. The summed E-state index contributed by atoms with van der Waals surface area (Å²) in [5.74, 6) is 1.90. The first-order chi connectivity index (χ1) is 9.21. The molecule has 0 unspecified atom stereocenters. The summed E-state index contributed by atoms with van der Waals surface area (Å²) in [4.78, 5) is 8.78. The first-order valence-electron chi connectivity index (χ1n) is 6.29. The predicted octanol–water partition coefficient (Wildman–Crippen LogP) is 3.35. The van der Waals surface area contributed by atoms with Crippen molar-refractivity contribution in [1.82, 2.24) is 9.97 Å². The lowest BCUT2D eigenvalue weighted by Crippen LogP contribution is -2.03. The highest BCUT2D eigenvalue weighted by Crippen LogP contribution is 2.18. The molecule has 0 spiro atoms.